The van der Waals surface area contributed by atoms with E-state index in [4.69, 9.17) is 4.98 Å². The Balaban J connectivity index is 1.79. The van der Waals surface area contributed by atoms with Gasteiger partial charge in [-0.1, -0.05) is 13.0 Å². The molecule has 0 aliphatic carbocycles. The van der Waals surface area contributed by atoms with Crippen LogP contribution in [0.2, 0.25) is 0 Å². The van der Waals surface area contributed by atoms with E-state index in [1.165, 1.54) is 0 Å². The van der Waals surface area contributed by atoms with E-state index >= 15 is 0 Å². The number of rotatable bonds is 3. The number of amides is 1. The zero-order valence-electron chi connectivity index (χ0n) is 15.4. The smallest absolute Gasteiger partial charge is 0.254 e. The molecule has 0 bridgehead atoms. The molecule has 6 nitrogen and oxygen atoms in total. The third kappa shape index (κ3) is 2.91. The van der Waals surface area contributed by atoms with Gasteiger partial charge in [0.15, 0.2) is 5.65 Å². The zero-order chi connectivity index (χ0) is 18.3. The molecule has 0 spiro atoms. The Bertz CT molecular complexity index is 939. The highest BCUT2D eigenvalue weighted by atomic mass is 32.1. The fourth-order valence-corrected chi connectivity index (χ4v) is 4.29. The number of hydrogen-bond acceptors (Lipinski definition) is 5. The summed E-state index contributed by atoms with van der Waals surface area (Å²) in [5, 5.41) is 7.40. The number of hydrogen-bond donors (Lipinski definition) is 0. The van der Waals surface area contributed by atoms with Crippen LogP contribution in [0.25, 0.3) is 21.6 Å². The van der Waals surface area contributed by atoms with Crippen LogP contribution in [0, 0.1) is 6.92 Å². The van der Waals surface area contributed by atoms with E-state index in [0.717, 1.165) is 60.0 Å². The van der Waals surface area contributed by atoms with Gasteiger partial charge in [-0.25, -0.2) is 4.98 Å². The third-order valence-corrected chi connectivity index (χ3v) is 5.97. The van der Waals surface area contributed by atoms with Gasteiger partial charge in [0, 0.05) is 33.2 Å². The number of fused-ring (bicyclic) bond motifs is 1. The van der Waals surface area contributed by atoms with Crippen molar-refractivity contribution >= 4 is 28.3 Å². The van der Waals surface area contributed by atoms with Gasteiger partial charge in [-0.2, -0.15) is 5.10 Å². The van der Waals surface area contributed by atoms with E-state index in [-0.39, 0.29) is 5.91 Å². The topological polar surface area (TPSA) is 54.3 Å². The summed E-state index contributed by atoms with van der Waals surface area (Å²) < 4.78 is 1.77. The summed E-state index contributed by atoms with van der Waals surface area (Å²) >= 11 is 1.63. The number of thiophene rings is 1. The molecule has 0 unspecified atom stereocenters. The molecule has 0 N–H and O–H groups in total. The summed E-state index contributed by atoms with van der Waals surface area (Å²) in [5.41, 5.74) is 3.17. The van der Waals surface area contributed by atoms with Crippen molar-refractivity contribution in [1.29, 1.82) is 0 Å². The molecule has 136 valence electrons. The van der Waals surface area contributed by atoms with E-state index in [1.807, 2.05) is 42.5 Å². The highest BCUT2D eigenvalue weighted by Gasteiger charge is 2.26. The third-order valence-electron chi connectivity index (χ3n) is 5.08. The van der Waals surface area contributed by atoms with Crippen molar-refractivity contribution in [2.75, 3.05) is 32.7 Å². The molecule has 1 aliphatic heterocycles. The summed E-state index contributed by atoms with van der Waals surface area (Å²) in [6, 6.07) is 5.99. The summed E-state index contributed by atoms with van der Waals surface area (Å²) in [6.45, 7) is 8.54. The van der Waals surface area contributed by atoms with Gasteiger partial charge in [0.1, 0.15) is 0 Å². The SMILES string of the molecule is CCN1CCN(C(=O)c2cc(-c3cccs3)nc3c2c(C)nn3C)CC1. The predicted molar refractivity (Wildman–Crippen MR) is 105 cm³/mol. The van der Waals surface area contributed by atoms with Gasteiger partial charge in [0.05, 0.1) is 27.2 Å². The van der Waals surface area contributed by atoms with E-state index in [1.54, 1.807) is 16.0 Å². The van der Waals surface area contributed by atoms with Crippen LogP contribution in [0.15, 0.2) is 23.6 Å². The Kier molecular flexibility index (Phi) is 4.50. The number of aryl methyl sites for hydroxylation is 2. The Hall–Kier alpha value is -2.25. The van der Waals surface area contributed by atoms with Crippen molar-refractivity contribution < 1.29 is 4.79 Å². The average molecular weight is 369 g/mol. The van der Waals surface area contributed by atoms with Gasteiger partial charge in [-0.3, -0.25) is 9.48 Å². The van der Waals surface area contributed by atoms with Crippen molar-refractivity contribution in [1.82, 2.24) is 24.6 Å². The molecule has 4 rings (SSSR count). The van der Waals surface area contributed by atoms with E-state index < -0.39 is 0 Å². The summed E-state index contributed by atoms with van der Waals surface area (Å²) in [6.07, 6.45) is 0. The highest BCUT2D eigenvalue weighted by Crippen LogP contribution is 2.30. The second kappa shape index (κ2) is 6.81. The minimum Gasteiger partial charge on any atom is -0.336 e. The Morgan fingerprint density at radius 2 is 2.04 bits per heavy atom. The predicted octanol–water partition coefficient (Wildman–Crippen LogP) is 2.78. The number of nitrogens with zero attached hydrogens (tertiary/aromatic N) is 5. The van der Waals surface area contributed by atoms with Gasteiger partial charge >= 0.3 is 0 Å². The lowest BCUT2D eigenvalue weighted by Gasteiger charge is -2.34. The Morgan fingerprint density at radius 1 is 1.27 bits per heavy atom. The molecular weight excluding hydrogens is 346 g/mol. The first kappa shape index (κ1) is 17.2. The number of piperazine rings is 1. The number of likely N-dealkylation sites (N-methyl/N-ethyl adjacent to an activating group) is 1. The molecule has 7 heteroatoms. The van der Waals surface area contributed by atoms with E-state index in [2.05, 4.69) is 16.9 Å². The summed E-state index contributed by atoms with van der Waals surface area (Å²) in [7, 11) is 1.88. The lowest BCUT2D eigenvalue weighted by atomic mass is 10.1. The molecule has 0 aromatic carbocycles. The largest absolute Gasteiger partial charge is 0.336 e. The minimum atomic E-state index is 0.0852. The van der Waals surface area contributed by atoms with E-state index in [0.29, 0.717) is 5.56 Å². The van der Waals surface area contributed by atoms with Crippen LogP contribution in [0.3, 0.4) is 0 Å². The van der Waals surface area contributed by atoms with Crippen LogP contribution in [0.4, 0.5) is 0 Å². The van der Waals surface area contributed by atoms with Crippen LogP contribution >= 0.6 is 11.3 Å². The van der Waals surface area contributed by atoms with Gasteiger partial charge in [-0.15, -0.1) is 11.3 Å². The minimum absolute atomic E-state index is 0.0852. The van der Waals surface area contributed by atoms with Crippen molar-refractivity contribution in [3.63, 3.8) is 0 Å². The zero-order valence-corrected chi connectivity index (χ0v) is 16.2. The molecule has 1 amide bonds. The molecular formula is C19H23N5OS. The van der Waals surface area contributed by atoms with Gasteiger partial charge in [-0.05, 0) is 31.0 Å². The molecule has 1 fully saturated rings. The number of aromatic nitrogens is 3. The maximum Gasteiger partial charge on any atom is 0.254 e. The van der Waals surface area contributed by atoms with E-state index in [9.17, 15) is 4.79 Å². The molecule has 1 aliphatic rings. The Labute approximate surface area is 157 Å². The van der Waals surface area contributed by atoms with Crippen molar-refractivity contribution in [2.24, 2.45) is 7.05 Å². The van der Waals surface area contributed by atoms with Crippen molar-refractivity contribution in [3.05, 3.63) is 34.8 Å². The van der Waals surface area contributed by atoms with Crippen LogP contribution < -0.4 is 0 Å². The number of carbonyl (C=O) groups is 1. The van der Waals surface area contributed by atoms with Gasteiger partial charge in [0.25, 0.3) is 5.91 Å². The standard InChI is InChI=1S/C19H23N5OS/c1-4-23-7-9-24(10-8-23)19(25)14-12-15(16-6-5-11-26-16)20-18-17(14)13(2)21-22(18)3/h5-6,11-12H,4,7-10H2,1-3H3. The highest BCUT2D eigenvalue weighted by molar-refractivity contribution is 7.13. The first-order chi connectivity index (χ1) is 12.6. The second-order valence-corrected chi connectivity index (χ2v) is 7.61. The maximum atomic E-state index is 13.3. The fourth-order valence-electron chi connectivity index (χ4n) is 3.60. The molecule has 0 atom stereocenters. The lowest BCUT2D eigenvalue weighted by molar-refractivity contribution is 0.0645. The first-order valence-electron chi connectivity index (χ1n) is 8.98. The van der Waals surface area contributed by atoms with Crippen LogP contribution in [-0.4, -0.2) is 63.2 Å². The maximum absolute atomic E-state index is 13.3. The quantitative estimate of drug-likeness (QED) is 0.712. The number of carbonyl (C=O) groups excluding carboxylic acids is 1. The molecule has 1 saturated heterocycles. The average Bonchev–Trinajstić information content (AvgIpc) is 3.29. The molecule has 3 aromatic heterocycles. The van der Waals surface area contributed by atoms with Crippen LogP contribution in [-0.2, 0) is 7.05 Å². The first-order valence-corrected chi connectivity index (χ1v) is 9.86. The normalized spacial score (nSPS) is 15.7. The second-order valence-electron chi connectivity index (χ2n) is 6.67. The van der Waals surface area contributed by atoms with Crippen molar-refractivity contribution in [3.8, 4) is 10.6 Å². The number of pyridine rings is 1. The van der Waals surface area contributed by atoms with Crippen molar-refractivity contribution in [2.45, 2.75) is 13.8 Å². The van der Waals surface area contributed by atoms with Crippen LogP contribution in [0.5, 0.6) is 0 Å². The molecule has 0 radical (unpaired) electrons. The van der Waals surface area contributed by atoms with Gasteiger partial charge in [0.2, 0.25) is 0 Å². The fraction of sp³-hybridized carbons (Fsp3) is 0.421. The van der Waals surface area contributed by atoms with Crippen LogP contribution in [0.1, 0.15) is 23.0 Å². The molecule has 3 aromatic rings. The molecule has 26 heavy (non-hydrogen) atoms. The Morgan fingerprint density at radius 3 is 2.69 bits per heavy atom. The lowest BCUT2D eigenvalue weighted by Crippen LogP contribution is -2.48. The van der Waals surface area contributed by atoms with Gasteiger partial charge < -0.3 is 9.80 Å². The molecule has 4 heterocycles. The monoisotopic (exact) mass is 369 g/mol. The summed E-state index contributed by atoms with van der Waals surface area (Å²) in [5.74, 6) is 0.0852. The summed E-state index contributed by atoms with van der Waals surface area (Å²) in [4.78, 5) is 23.5. The molecule has 0 saturated carbocycles.